The third-order valence-electron chi connectivity index (χ3n) is 6.12. The van der Waals surface area contributed by atoms with Crippen molar-refractivity contribution in [2.24, 2.45) is 0 Å². The summed E-state index contributed by atoms with van der Waals surface area (Å²) in [7, 11) is 0. The van der Waals surface area contributed by atoms with Gasteiger partial charge >= 0.3 is 185 Å². The average Bonchev–Trinajstić information content (AvgIpc) is 2.68. The first-order chi connectivity index (χ1) is 13.2. The molecule has 0 amide bonds. The Labute approximate surface area is 184 Å². The molecule has 1 heteroatoms. The van der Waals surface area contributed by atoms with E-state index in [4.69, 9.17) is 0 Å². The van der Waals surface area contributed by atoms with E-state index in [9.17, 15) is 0 Å². The van der Waals surface area contributed by atoms with Crippen molar-refractivity contribution in [1.82, 2.24) is 0 Å². The van der Waals surface area contributed by atoms with E-state index < -0.39 is 0 Å². The van der Waals surface area contributed by atoms with Crippen molar-refractivity contribution in [1.29, 1.82) is 0 Å². The van der Waals surface area contributed by atoms with E-state index in [0.717, 1.165) is 0 Å². The maximum atomic E-state index is 2.50. The normalized spacial score (nSPS) is 11.4. The third kappa shape index (κ3) is 11.0. The summed E-state index contributed by atoms with van der Waals surface area (Å²) >= 11 is 0.625. The van der Waals surface area contributed by atoms with Crippen LogP contribution in [-0.2, 0) is 19.3 Å². The van der Waals surface area contributed by atoms with Gasteiger partial charge in [-0.2, -0.15) is 0 Å². The molecule has 0 aliphatic carbocycles. The van der Waals surface area contributed by atoms with Crippen LogP contribution in [0.15, 0.2) is 12.1 Å². The number of unbranched alkanes of at least 4 members (excludes halogenated alkanes) is 11. The fourth-order valence-electron chi connectivity index (χ4n) is 4.28. The summed E-state index contributed by atoms with van der Waals surface area (Å²) in [6, 6.07) is 5.00. The zero-order valence-corrected chi connectivity index (χ0v) is 24.9. The number of aryl methyl sites for hydroxylation is 1. The molecule has 0 N–H and O–H groups in total. The van der Waals surface area contributed by atoms with Gasteiger partial charge in [0, 0.05) is 0 Å². The van der Waals surface area contributed by atoms with E-state index in [1.165, 1.54) is 109 Å². The van der Waals surface area contributed by atoms with Crippen LogP contribution in [0.25, 0.3) is 0 Å². The molecule has 0 saturated carbocycles. The first kappa shape index (κ1) is 25.1. The van der Waals surface area contributed by atoms with E-state index in [2.05, 4.69) is 32.9 Å². The van der Waals surface area contributed by atoms with E-state index in [1.54, 1.807) is 14.7 Å². The molecule has 1 aromatic carbocycles. The van der Waals surface area contributed by atoms with Crippen molar-refractivity contribution < 1.29 is 0 Å². The number of benzene rings is 1. The Hall–Kier alpha value is 0.0187. The van der Waals surface area contributed by atoms with Gasteiger partial charge in [0.2, 0.25) is 0 Å². The predicted octanol–water partition coefficient (Wildman–Crippen LogP) is 6.83. The minimum absolute atomic E-state index is 0.625. The molecule has 156 valence electrons. The van der Waals surface area contributed by atoms with Crippen molar-refractivity contribution >= 4 is 26.1 Å². The quantitative estimate of drug-likeness (QED) is 0.170. The monoisotopic (exact) mass is 480 g/mol. The molecule has 27 heavy (non-hydrogen) atoms. The molecule has 0 nitrogen and oxygen atoms in total. The van der Waals surface area contributed by atoms with Gasteiger partial charge < -0.3 is 0 Å². The standard InChI is InChI=1S/C26H45.Sn.3H/c1-4-7-10-12-14-16-20-25-22-18-21-24(19-9-6-3)26(25)23-17-15-13-11-8-5-2;;;;/h18,21H,4-17,19-20,23H2,1-3H3;;;;. The Kier molecular flexibility index (Phi) is 15.7. The summed E-state index contributed by atoms with van der Waals surface area (Å²) in [5.41, 5.74) is 5.30. The van der Waals surface area contributed by atoms with Gasteiger partial charge in [0.15, 0.2) is 0 Å². The minimum atomic E-state index is 0.625. The second-order valence-corrected chi connectivity index (χ2v) is 11.7. The van der Waals surface area contributed by atoms with E-state index in [0.29, 0.717) is 22.5 Å². The van der Waals surface area contributed by atoms with Gasteiger partial charge in [-0.05, 0) is 0 Å². The predicted molar refractivity (Wildman–Crippen MR) is 129 cm³/mol. The van der Waals surface area contributed by atoms with E-state index in [-0.39, 0.29) is 0 Å². The van der Waals surface area contributed by atoms with Crippen molar-refractivity contribution in [3.05, 3.63) is 28.8 Å². The van der Waals surface area contributed by atoms with Gasteiger partial charge in [-0.1, -0.05) is 0 Å². The molecule has 0 saturated heterocycles. The summed E-state index contributed by atoms with van der Waals surface area (Å²) < 4.78 is 1.76. The Bertz CT molecular complexity index is 477. The van der Waals surface area contributed by atoms with Crippen LogP contribution in [0.4, 0.5) is 0 Å². The van der Waals surface area contributed by atoms with Crippen LogP contribution < -0.4 is 3.58 Å². The Morgan fingerprint density at radius 2 is 1.00 bits per heavy atom. The van der Waals surface area contributed by atoms with E-state index >= 15 is 0 Å². The molecule has 0 aliphatic heterocycles. The molecule has 1 rings (SSSR count). The molecule has 0 atom stereocenters. The number of rotatable bonds is 17. The molecule has 1 aromatic rings. The van der Waals surface area contributed by atoms with Crippen LogP contribution in [0.5, 0.6) is 0 Å². The van der Waals surface area contributed by atoms with Crippen LogP contribution in [0.1, 0.15) is 127 Å². The summed E-state index contributed by atoms with van der Waals surface area (Å²) in [5.74, 6) is 0. The first-order valence-corrected chi connectivity index (χ1v) is 15.2. The summed E-state index contributed by atoms with van der Waals surface area (Å²) in [5, 5.41) is 0. The third-order valence-corrected chi connectivity index (χ3v) is 8.80. The van der Waals surface area contributed by atoms with Crippen LogP contribution in [0.3, 0.4) is 0 Å². The zero-order chi connectivity index (χ0) is 19.7. The van der Waals surface area contributed by atoms with Gasteiger partial charge in [-0.3, -0.25) is 0 Å². The summed E-state index contributed by atoms with van der Waals surface area (Å²) in [6.45, 7) is 6.95. The zero-order valence-electron chi connectivity index (χ0n) is 19.2. The summed E-state index contributed by atoms with van der Waals surface area (Å²) in [6.07, 6.45) is 23.7. The molecule has 0 fully saturated rings. The second-order valence-electron chi connectivity index (χ2n) is 8.64. The van der Waals surface area contributed by atoms with Gasteiger partial charge in [0.25, 0.3) is 0 Å². The molecule has 0 heterocycles. The van der Waals surface area contributed by atoms with Gasteiger partial charge in [-0.25, -0.2) is 0 Å². The van der Waals surface area contributed by atoms with Crippen molar-refractivity contribution in [2.75, 3.05) is 0 Å². The van der Waals surface area contributed by atoms with Gasteiger partial charge in [-0.15, -0.1) is 0 Å². The van der Waals surface area contributed by atoms with Gasteiger partial charge in [0.05, 0.1) is 0 Å². The fourth-order valence-corrected chi connectivity index (χ4v) is 6.33. The van der Waals surface area contributed by atoms with Crippen LogP contribution in [0, 0.1) is 0 Å². The van der Waals surface area contributed by atoms with Crippen LogP contribution in [-0.4, -0.2) is 22.5 Å². The molecule has 0 aromatic heterocycles. The Morgan fingerprint density at radius 1 is 0.519 bits per heavy atom. The molecular formula is C26H48Sn. The van der Waals surface area contributed by atoms with Crippen LogP contribution in [0.2, 0.25) is 0 Å². The van der Waals surface area contributed by atoms with Crippen molar-refractivity contribution in [3.8, 4) is 0 Å². The number of hydrogen-bond donors (Lipinski definition) is 0. The SMILES string of the molecule is CCCCCCCCc1[c]([SnH3])ccc(CCCC)c1CCCCCCCC. The van der Waals surface area contributed by atoms with Crippen molar-refractivity contribution in [2.45, 2.75) is 130 Å². The Morgan fingerprint density at radius 3 is 1.56 bits per heavy atom. The molecular weight excluding hydrogens is 431 g/mol. The Balaban J connectivity index is 2.66. The van der Waals surface area contributed by atoms with Gasteiger partial charge in [0.1, 0.15) is 0 Å². The molecule has 0 spiro atoms. The average molecular weight is 479 g/mol. The first-order valence-electron chi connectivity index (χ1n) is 12.3. The molecule has 0 radical (unpaired) electrons. The topological polar surface area (TPSA) is 0 Å². The van der Waals surface area contributed by atoms with Crippen LogP contribution >= 0.6 is 0 Å². The summed E-state index contributed by atoms with van der Waals surface area (Å²) in [4.78, 5) is 0. The van der Waals surface area contributed by atoms with E-state index in [1.807, 2.05) is 5.56 Å². The molecule has 0 aliphatic rings. The number of hydrogen-bond acceptors (Lipinski definition) is 0. The van der Waals surface area contributed by atoms with Crippen molar-refractivity contribution in [3.63, 3.8) is 0 Å². The molecule has 0 bridgehead atoms. The second kappa shape index (κ2) is 16.9. The fraction of sp³-hybridized carbons (Fsp3) is 0.769. The maximum absolute atomic E-state index is 2.50. The molecule has 0 unspecified atom stereocenters.